The topological polar surface area (TPSA) is 61.8 Å². The highest BCUT2D eigenvalue weighted by molar-refractivity contribution is 5.99. The second-order valence-corrected chi connectivity index (χ2v) is 10.2. The van der Waals surface area contributed by atoms with E-state index in [1.165, 1.54) is 0 Å². The molecule has 0 aliphatic carbocycles. The highest BCUT2D eigenvalue weighted by Crippen LogP contribution is 2.38. The summed E-state index contributed by atoms with van der Waals surface area (Å²) in [5.74, 6) is 6.31. The molecule has 1 aliphatic heterocycles. The van der Waals surface area contributed by atoms with Crippen LogP contribution in [0.1, 0.15) is 36.1 Å². The second-order valence-electron chi connectivity index (χ2n) is 10.2. The van der Waals surface area contributed by atoms with Crippen molar-refractivity contribution >= 4 is 11.6 Å². The summed E-state index contributed by atoms with van der Waals surface area (Å²) >= 11 is 0. The molecular weight excluding hydrogens is 484 g/mol. The van der Waals surface area contributed by atoms with E-state index >= 15 is 0 Å². The quantitative estimate of drug-likeness (QED) is 0.286. The molecule has 1 unspecified atom stereocenters. The first kappa shape index (κ1) is 26.2. The van der Waals surface area contributed by atoms with Crippen LogP contribution in [0.5, 0.6) is 5.75 Å². The fourth-order valence-electron chi connectivity index (χ4n) is 4.98. The summed E-state index contributed by atoms with van der Waals surface area (Å²) in [5, 5.41) is 13.8. The number of hydrogen-bond donors (Lipinski definition) is 2. The third kappa shape index (κ3) is 5.44. The van der Waals surface area contributed by atoms with Crippen molar-refractivity contribution in [1.82, 2.24) is 5.32 Å². The Balaban J connectivity index is 1.58. The van der Waals surface area contributed by atoms with Crippen LogP contribution in [0.4, 0.5) is 5.69 Å². The van der Waals surface area contributed by atoms with E-state index in [-0.39, 0.29) is 12.5 Å². The zero-order valence-electron chi connectivity index (χ0n) is 22.4. The fraction of sp³-hybridized carbons (Fsp3) is 0.206. The zero-order valence-corrected chi connectivity index (χ0v) is 22.4. The maximum Gasteiger partial charge on any atom is 0.247 e. The normalized spacial score (nSPS) is 15.4. The Morgan fingerprint density at radius 2 is 1.36 bits per heavy atom. The number of anilines is 1. The third-order valence-corrected chi connectivity index (χ3v) is 6.88. The van der Waals surface area contributed by atoms with E-state index in [2.05, 4.69) is 53.6 Å². The van der Waals surface area contributed by atoms with Gasteiger partial charge in [0.15, 0.2) is 0 Å². The van der Waals surface area contributed by atoms with Gasteiger partial charge in [-0.1, -0.05) is 103 Å². The molecule has 1 heterocycles. The van der Waals surface area contributed by atoms with E-state index in [1.54, 1.807) is 25.8 Å². The van der Waals surface area contributed by atoms with Crippen LogP contribution in [-0.2, 0) is 10.3 Å². The standard InChI is InChI=1S/C34H32N2O3/c1-33(2,38)22-21-25-19-20-31-30(23-25)36(3)32(37)29(24-39-31)35-34(26-13-7-4-8-14-26,27-15-9-5-10-16-27)28-17-11-6-12-18-28/h4-20,23,29,35,38H,24H2,1-3H3. The van der Waals surface area contributed by atoms with Crippen LogP contribution in [0.2, 0.25) is 0 Å². The Bertz CT molecular complexity index is 1400. The lowest BCUT2D eigenvalue weighted by Crippen LogP contribution is -2.56. The number of carbonyl (C=O) groups excluding carboxylic acids is 1. The number of nitrogens with zero attached hydrogens (tertiary/aromatic N) is 1. The predicted octanol–water partition coefficient (Wildman–Crippen LogP) is 5.11. The van der Waals surface area contributed by atoms with Crippen LogP contribution in [0, 0.1) is 11.8 Å². The van der Waals surface area contributed by atoms with Gasteiger partial charge in [-0.15, -0.1) is 0 Å². The highest BCUT2D eigenvalue weighted by Gasteiger charge is 2.41. The van der Waals surface area contributed by atoms with Gasteiger partial charge in [0.1, 0.15) is 24.0 Å². The molecule has 5 heteroatoms. The summed E-state index contributed by atoms with van der Waals surface area (Å²) < 4.78 is 6.23. The maximum atomic E-state index is 14.0. The lowest BCUT2D eigenvalue weighted by molar-refractivity contribution is -0.121. The number of carbonyl (C=O) groups is 1. The molecule has 39 heavy (non-hydrogen) atoms. The second kappa shape index (κ2) is 10.8. The van der Waals surface area contributed by atoms with Crippen LogP contribution in [-0.4, -0.2) is 36.3 Å². The minimum absolute atomic E-state index is 0.117. The van der Waals surface area contributed by atoms with Crippen molar-refractivity contribution in [2.45, 2.75) is 31.0 Å². The Morgan fingerprint density at radius 3 is 1.85 bits per heavy atom. The zero-order chi connectivity index (χ0) is 27.5. The van der Waals surface area contributed by atoms with Crippen molar-refractivity contribution in [1.29, 1.82) is 0 Å². The van der Waals surface area contributed by atoms with Crippen LogP contribution >= 0.6 is 0 Å². The molecule has 0 fully saturated rings. The molecule has 0 aromatic heterocycles. The Morgan fingerprint density at radius 1 is 0.846 bits per heavy atom. The van der Waals surface area contributed by atoms with Gasteiger partial charge >= 0.3 is 0 Å². The lowest BCUT2D eigenvalue weighted by atomic mass is 9.76. The number of ether oxygens (including phenoxy) is 1. The summed E-state index contributed by atoms with van der Waals surface area (Å²) in [6, 6.07) is 35.4. The number of aliphatic hydroxyl groups is 1. The Hall–Kier alpha value is -4.37. The van der Waals surface area contributed by atoms with Gasteiger partial charge in [0.05, 0.1) is 11.2 Å². The van der Waals surface area contributed by atoms with Gasteiger partial charge in [-0.3, -0.25) is 10.1 Å². The van der Waals surface area contributed by atoms with Gasteiger partial charge in [-0.05, 0) is 48.7 Å². The first-order valence-corrected chi connectivity index (χ1v) is 13.0. The third-order valence-electron chi connectivity index (χ3n) is 6.88. The molecule has 4 aromatic carbocycles. The molecule has 5 rings (SSSR count). The van der Waals surface area contributed by atoms with Crippen LogP contribution < -0.4 is 15.0 Å². The summed E-state index contributed by atoms with van der Waals surface area (Å²) in [7, 11) is 1.76. The summed E-state index contributed by atoms with van der Waals surface area (Å²) in [6.45, 7) is 3.42. The molecule has 1 aliphatic rings. The van der Waals surface area contributed by atoms with E-state index in [4.69, 9.17) is 4.74 Å². The van der Waals surface area contributed by atoms with Crippen molar-refractivity contribution in [3.8, 4) is 17.6 Å². The number of benzene rings is 4. The Kier molecular flexibility index (Phi) is 7.26. The van der Waals surface area contributed by atoms with Crippen LogP contribution in [0.3, 0.4) is 0 Å². The number of amides is 1. The largest absolute Gasteiger partial charge is 0.489 e. The molecule has 0 spiro atoms. The molecule has 1 amide bonds. The van der Waals surface area contributed by atoms with Crippen molar-refractivity contribution in [2.75, 3.05) is 18.6 Å². The number of fused-ring (bicyclic) bond motifs is 1. The molecule has 2 N–H and O–H groups in total. The number of rotatable bonds is 5. The van der Waals surface area contributed by atoms with E-state index in [0.717, 1.165) is 16.7 Å². The van der Waals surface area contributed by atoms with E-state index in [9.17, 15) is 9.90 Å². The molecule has 0 bridgehead atoms. The summed E-state index contributed by atoms with van der Waals surface area (Å²) in [6.07, 6.45) is 0. The number of likely N-dealkylation sites (N-methyl/N-ethyl adjacent to an activating group) is 1. The van der Waals surface area contributed by atoms with E-state index in [0.29, 0.717) is 17.0 Å². The van der Waals surface area contributed by atoms with Crippen molar-refractivity contribution in [3.63, 3.8) is 0 Å². The summed E-state index contributed by atoms with van der Waals surface area (Å²) in [5.41, 5.74) is 2.45. The van der Waals surface area contributed by atoms with Gasteiger partial charge in [0, 0.05) is 12.6 Å². The first-order valence-electron chi connectivity index (χ1n) is 13.0. The maximum absolute atomic E-state index is 14.0. The molecule has 0 radical (unpaired) electrons. The number of hydrogen-bond acceptors (Lipinski definition) is 4. The van der Waals surface area contributed by atoms with Gasteiger partial charge in [-0.2, -0.15) is 0 Å². The average Bonchev–Trinajstić information content (AvgIpc) is 3.07. The molecule has 1 atom stereocenters. The van der Waals surface area contributed by atoms with Crippen molar-refractivity contribution in [2.24, 2.45) is 0 Å². The lowest BCUT2D eigenvalue weighted by Gasteiger charge is -2.39. The smallest absolute Gasteiger partial charge is 0.247 e. The summed E-state index contributed by atoms with van der Waals surface area (Å²) in [4.78, 5) is 15.6. The van der Waals surface area contributed by atoms with Crippen LogP contribution in [0.15, 0.2) is 109 Å². The SMILES string of the molecule is CN1C(=O)C(NC(c2ccccc2)(c2ccccc2)c2ccccc2)COc2ccc(C#CC(C)(C)O)cc21. The van der Waals surface area contributed by atoms with E-state index < -0.39 is 17.2 Å². The van der Waals surface area contributed by atoms with Crippen LogP contribution in [0.25, 0.3) is 0 Å². The van der Waals surface area contributed by atoms with Gasteiger partial charge in [0.25, 0.3) is 0 Å². The predicted molar refractivity (Wildman–Crippen MR) is 155 cm³/mol. The molecular formula is C34H32N2O3. The fourth-order valence-corrected chi connectivity index (χ4v) is 4.98. The monoisotopic (exact) mass is 516 g/mol. The molecule has 196 valence electrons. The van der Waals surface area contributed by atoms with Crippen molar-refractivity contribution in [3.05, 3.63) is 131 Å². The molecule has 4 aromatic rings. The molecule has 0 saturated heterocycles. The Labute approximate surface area is 230 Å². The minimum atomic E-state index is -1.12. The van der Waals surface area contributed by atoms with Crippen molar-refractivity contribution < 1.29 is 14.6 Å². The van der Waals surface area contributed by atoms with Gasteiger partial charge < -0.3 is 14.7 Å². The van der Waals surface area contributed by atoms with Gasteiger partial charge in [-0.25, -0.2) is 0 Å². The highest BCUT2D eigenvalue weighted by atomic mass is 16.5. The van der Waals surface area contributed by atoms with E-state index in [1.807, 2.05) is 72.8 Å². The number of nitrogens with one attached hydrogen (secondary N) is 1. The first-order chi connectivity index (χ1) is 18.8. The molecule has 0 saturated carbocycles. The average molecular weight is 517 g/mol. The minimum Gasteiger partial charge on any atom is -0.489 e. The molecule has 5 nitrogen and oxygen atoms in total. The van der Waals surface area contributed by atoms with Gasteiger partial charge in [0.2, 0.25) is 5.91 Å².